The highest BCUT2D eigenvalue weighted by Gasteiger charge is 2.11. The number of benzene rings is 1. The number of hydrogen-bond acceptors (Lipinski definition) is 2. The quantitative estimate of drug-likeness (QED) is 0.562. The standard InChI is InChI=1S/C17H23ClN4O/c1-3-19-17(20-10-13-8-9-22(2)12-13)21-11-16(23)14-6-4-5-7-15(14)18/h4-9,12,16,23H,3,10-11H2,1-2H3,(H2,19,20,21). The van der Waals surface area contributed by atoms with Gasteiger partial charge in [-0.15, -0.1) is 0 Å². The Kier molecular flexibility index (Phi) is 6.50. The molecule has 6 heteroatoms. The smallest absolute Gasteiger partial charge is 0.191 e. The Morgan fingerprint density at radius 1 is 1.30 bits per heavy atom. The van der Waals surface area contributed by atoms with Gasteiger partial charge in [0.25, 0.3) is 0 Å². The molecule has 0 aliphatic rings. The lowest BCUT2D eigenvalue weighted by Gasteiger charge is -2.16. The summed E-state index contributed by atoms with van der Waals surface area (Å²) in [6.45, 7) is 3.68. The molecule has 2 aromatic rings. The Morgan fingerprint density at radius 2 is 2.09 bits per heavy atom. The number of rotatable bonds is 6. The van der Waals surface area contributed by atoms with Crippen molar-refractivity contribution in [2.75, 3.05) is 13.1 Å². The summed E-state index contributed by atoms with van der Waals surface area (Å²) in [5, 5.41) is 17.2. The maximum Gasteiger partial charge on any atom is 0.191 e. The molecule has 0 saturated heterocycles. The summed E-state index contributed by atoms with van der Waals surface area (Å²) < 4.78 is 1.99. The molecule has 0 amide bonds. The number of halogens is 1. The lowest BCUT2D eigenvalue weighted by Crippen LogP contribution is -2.39. The Morgan fingerprint density at radius 3 is 2.74 bits per heavy atom. The molecule has 0 spiro atoms. The summed E-state index contributed by atoms with van der Waals surface area (Å²) >= 11 is 6.10. The molecule has 1 unspecified atom stereocenters. The molecule has 1 aromatic heterocycles. The maximum atomic E-state index is 10.3. The lowest BCUT2D eigenvalue weighted by atomic mass is 10.1. The summed E-state index contributed by atoms with van der Waals surface area (Å²) in [6, 6.07) is 9.33. The predicted molar refractivity (Wildman–Crippen MR) is 94.6 cm³/mol. The van der Waals surface area contributed by atoms with Crippen molar-refractivity contribution >= 4 is 17.6 Å². The second-order valence-corrected chi connectivity index (χ2v) is 5.71. The van der Waals surface area contributed by atoms with Crippen LogP contribution in [0.25, 0.3) is 0 Å². The first-order valence-electron chi connectivity index (χ1n) is 7.65. The van der Waals surface area contributed by atoms with Crippen molar-refractivity contribution in [2.24, 2.45) is 12.0 Å². The zero-order valence-corrected chi connectivity index (χ0v) is 14.2. The third kappa shape index (κ3) is 5.30. The molecule has 0 bridgehead atoms. The zero-order valence-electron chi connectivity index (χ0n) is 13.5. The summed E-state index contributed by atoms with van der Waals surface area (Å²) in [6.07, 6.45) is 3.34. The second-order valence-electron chi connectivity index (χ2n) is 5.30. The van der Waals surface area contributed by atoms with Gasteiger partial charge in [-0.05, 0) is 24.6 Å². The Labute approximate surface area is 142 Å². The molecule has 5 nitrogen and oxygen atoms in total. The van der Waals surface area contributed by atoms with Gasteiger partial charge in [0.15, 0.2) is 5.96 Å². The highest BCUT2D eigenvalue weighted by Crippen LogP contribution is 2.21. The third-order valence-corrected chi connectivity index (χ3v) is 3.73. The SMILES string of the molecule is CCNC(=NCc1ccn(C)c1)NCC(O)c1ccccc1Cl. The third-order valence-electron chi connectivity index (χ3n) is 3.38. The number of aryl methyl sites for hydroxylation is 1. The van der Waals surface area contributed by atoms with Crippen molar-refractivity contribution in [3.63, 3.8) is 0 Å². The number of nitrogens with zero attached hydrogens (tertiary/aromatic N) is 2. The van der Waals surface area contributed by atoms with Crippen molar-refractivity contribution in [3.05, 3.63) is 58.9 Å². The molecule has 0 aliphatic carbocycles. The van der Waals surface area contributed by atoms with Crippen molar-refractivity contribution in [1.29, 1.82) is 0 Å². The Balaban J connectivity index is 1.95. The number of aromatic nitrogens is 1. The number of hydrogen-bond donors (Lipinski definition) is 3. The van der Waals surface area contributed by atoms with Gasteiger partial charge in [0.1, 0.15) is 0 Å². The van der Waals surface area contributed by atoms with E-state index in [1.807, 2.05) is 55.2 Å². The van der Waals surface area contributed by atoms with E-state index in [1.54, 1.807) is 6.07 Å². The first-order chi connectivity index (χ1) is 11.1. The van der Waals surface area contributed by atoms with Crippen LogP contribution in [0.2, 0.25) is 5.02 Å². The summed E-state index contributed by atoms with van der Waals surface area (Å²) in [4.78, 5) is 4.52. The molecule has 0 aliphatic heterocycles. The number of nitrogens with one attached hydrogen (secondary N) is 2. The van der Waals surface area contributed by atoms with Crippen LogP contribution < -0.4 is 10.6 Å². The van der Waals surface area contributed by atoms with Gasteiger partial charge in [-0.2, -0.15) is 0 Å². The van der Waals surface area contributed by atoms with Crippen LogP contribution in [0, 0.1) is 0 Å². The fourth-order valence-corrected chi connectivity index (χ4v) is 2.48. The average molecular weight is 335 g/mol. The fraction of sp³-hybridized carbons (Fsp3) is 0.353. The van der Waals surface area contributed by atoms with Crippen LogP contribution in [-0.4, -0.2) is 28.7 Å². The number of aliphatic imine (C=N–C) groups is 1. The first kappa shape index (κ1) is 17.4. The van der Waals surface area contributed by atoms with Crippen LogP contribution in [-0.2, 0) is 13.6 Å². The second kappa shape index (κ2) is 8.60. The summed E-state index contributed by atoms with van der Waals surface area (Å²) in [5.74, 6) is 0.669. The van der Waals surface area contributed by atoms with Crippen molar-refractivity contribution in [1.82, 2.24) is 15.2 Å². The van der Waals surface area contributed by atoms with Gasteiger partial charge in [-0.3, -0.25) is 0 Å². The van der Waals surface area contributed by atoms with Crippen LogP contribution in [0.3, 0.4) is 0 Å². The van der Waals surface area contributed by atoms with E-state index in [4.69, 9.17) is 11.6 Å². The van der Waals surface area contributed by atoms with E-state index >= 15 is 0 Å². The minimum Gasteiger partial charge on any atom is -0.387 e. The van der Waals surface area contributed by atoms with Gasteiger partial charge in [0, 0.05) is 43.1 Å². The largest absolute Gasteiger partial charge is 0.387 e. The molecule has 1 heterocycles. The number of aliphatic hydroxyl groups excluding tert-OH is 1. The van der Waals surface area contributed by atoms with Gasteiger partial charge in [0.2, 0.25) is 0 Å². The molecule has 0 radical (unpaired) electrons. The van der Waals surface area contributed by atoms with Crippen molar-refractivity contribution in [3.8, 4) is 0 Å². The molecule has 124 valence electrons. The topological polar surface area (TPSA) is 61.6 Å². The Hall–Kier alpha value is -1.98. The normalized spacial score (nSPS) is 13.0. The van der Waals surface area contributed by atoms with Gasteiger partial charge in [-0.25, -0.2) is 4.99 Å². The van der Waals surface area contributed by atoms with Crippen LogP contribution in [0.4, 0.5) is 0 Å². The average Bonchev–Trinajstić information content (AvgIpc) is 2.95. The van der Waals surface area contributed by atoms with Crippen molar-refractivity contribution in [2.45, 2.75) is 19.6 Å². The van der Waals surface area contributed by atoms with Gasteiger partial charge in [-0.1, -0.05) is 29.8 Å². The van der Waals surface area contributed by atoms with E-state index in [-0.39, 0.29) is 0 Å². The van der Waals surface area contributed by atoms with Gasteiger partial charge < -0.3 is 20.3 Å². The highest BCUT2D eigenvalue weighted by atomic mass is 35.5. The summed E-state index contributed by atoms with van der Waals surface area (Å²) in [5.41, 5.74) is 1.84. The van der Waals surface area contributed by atoms with E-state index in [9.17, 15) is 5.11 Å². The minimum absolute atomic E-state index is 0.338. The van der Waals surface area contributed by atoms with Crippen LogP contribution >= 0.6 is 11.6 Å². The zero-order chi connectivity index (χ0) is 16.7. The number of guanidine groups is 1. The monoisotopic (exact) mass is 334 g/mol. The maximum absolute atomic E-state index is 10.3. The highest BCUT2D eigenvalue weighted by molar-refractivity contribution is 6.31. The molecule has 23 heavy (non-hydrogen) atoms. The summed E-state index contributed by atoms with van der Waals surface area (Å²) in [7, 11) is 1.98. The van der Waals surface area contributed by atoms with E-state index < -0.39 is 6.10 Å². The van der Waals surface area contributed by atoms with Crippen LogP contribution in [0.5, 0.6) is 0 Å². The first-order valence-corrected chi connectivity index (χ1v) is 8.03. The fourth-order valence-electron chi connectivity index (χ4n) is 2.22. The molecular formula is C17H23ClN4O. The predicted octanol–water partition coefficient (Wildman–Crippen LogP) is 2.47. The molecule has 3 N–H and O–H groups in total. The van der Waals surface area contributed by atoms with Crippen LogP contribution in [0.15, 0.2) is 47.7 Å². The van der Waals surface area contributed by atoms with E-state index in [0.717, 1.165) is 12.1 Å². The van der Waals surface area contributed by atoms with E-state index in [0.29, 0.717) is 29.6 Å². The van der Waals surface area contributed by atoms with E-state index in [1.165, 1.54) is 0 Å². The van der Waals surface area contributed by atoms with Gasteiger partial charge >= 0.3 is 0 Å². The molecule has 1 aromatic carbocycles. The number of aliphatic hydroxyl groups is 1. The van der Waals surface area contributed by atoms with Gasteiger partial charge in [0.05, 0.1) is 12.6 Å². The molecule has 1 atom stereocenters. The molecule has 0 fully saturated rings. The van der Waals surface area contributed by atoms with Crippen LogP contribution in [0.1, 0.15) is 24.2 Å². The minimum atomic E-state index is -0.690. The van der Waals surface area contributed by atoms with Crippen molar-refractivity contribution < 1.29 is 5.11 Å². The lowest BCUT2D eigenvalue weighted by molar-refractivity contribution is 0.181. The molecular weight excluding hydrogens is 312 g/mol. The molecule has 0 saturated carbocycles. The van der Waals surface area contributed by atoms with E-state index in [2.05, 4.69) is 15.6 Å². The molecule has 2 rings (SSSR count). The Bertz CT molecular complexity index is 654.